The molecule has 3 aromatic rings. The number of hydrogen-bond acceptors (Lipinski definition) is 5. The maximum absolute atomic E-state index is 11.7. The molecule has 0 saturated heterocycles. The summed E-state index contributed by atoms with van der Waals surface area (Å²) < 4.78 is 10.9. The highest BCUT2D eigenvalue weighted by atomic mass is 16.5. The summed E-state index contributed by atoms with van der Waals surface area (Å²) in [5, 5.41) is 3.65. The van der Waals surface area contributed by atoms with Gasteiger partial charge in [0.1, 0.15) is 12.4 Å². The van der Waals surface area contributed by atoms with Crippen LogP contribution in [0.1, 0.15) is 33.9 Å². The van der Waals surface area contributed by atoms with Crippen LogP contribution >= 0.6 is 0 Å². The van der Waals surface area contributed by atoms with E-state index in [1.54, 1.807) is 6.20 Å². The third kappa shape index (κ3) is 3.89. The molecule has 1 aliphatic heterocycles. The fourth-order valence-corrected chi connectivity index (χ4v) is 3.52. The molecule has 2 heterocycles. The van der Waals surface area contributed by atoms with Crippen LogP contribution < -0.4 is 10.1 Å². The molecular weight excluding hydrogens is 352 g/mol. The van der Waals surface area contributed by atoms with E-state index in [-0.39, 0.29) is 18.4 Å². The molecule has 0 saturated carbocycles. The van der Waals surface area contributed by atoms with Crippen molar-refractivity contribution in [1.29, 1.82) is 0 Å². The zero-order chi connectivity index (χ0) is 19.3. The maximum atomic E-state index is 11.7. The van der Waals surface area contributed by atoms with Crippen LogP contribution in [0.4, 0.5) is 0 Å². The van der Waals surface area contributed by atoms with Gasteiger partial charge in [-0.15, -0.1) is 0 Å². The van der Waals surface area contributed by atoms with Crippen LogP contribution in [-0.2, 0) is 29.1 Å². The van der Waals surface area contributed by atoms with Gasteiger partial charge < -0.3 is 14.8 Å². The summed E-state index contributed by atoms with van der Waals surface area (Å²) in [5.41, 5.74) is 5.37. The Balaban J connectivity index is 1.71. The fourth-order valence-electron chi connectivity index (χ4n) is 3.52. The molecule has 5 nitrogen and oxygen atoms in total. The highest BCUT2D eigenvalue weighted by molar-refractivity contribution is 5.72. The molecule has 0 amide bonds. The number of carbonyl (C=O) groups is 1. The standard InChI is InChI=1S/C23H22N2O3/c1-27-22(26)12-16-8-9-21-20(11-16)23(25-14-17-5-4-10-24-13-17)19-7-3-2-6-18(19)15-28-21/h2-11,13,23,25H,12,14-15H2,1H3. The number of nitrogens with zero attached hydrogens (tertiary/aromatic N) is 1. The molecular formula is C23H22N2O3. The van der Waals surface area contributed by atoms with Crippen LogP contribution in [0.15, 0.2) is 67.0 Å². The van der Waals surface area contributed by atoms with E-state index in [0.29, 0.717) is 13.2 Å². The number of carbonyl (C=O) groups excluding carboxylic acids is 1. The molecule has 0 aliphatic carbocycles. The minimum atomic E-state index is -0.255. The predicted molar refractivity (Wildman–Crippen MR) is 106 cm³/mol. The highest BCUT2D eigenvalue weighted by Crippen LogP contribution is 2.36. The average molecular weight is 374 g/mol. The second-order valence-electron chi connectivity index (χ2n) is 6.79. The van der Waals surface area contributed by atoms with Gasteiger partial charge in [-0.1, -0.05) is 36.4 Å². The van der Waals surface area contributed by atoms with Gasteiger partial charge in [0.05, 0.1) is 19.6 Å². The zero-order valence-electron chi connectivity index (χ0n) is 15.7. The van der Waals surface area contributed by atoms with Crippen molar-refractivity contribution < 1.29 is 14.3 Å². The van der Waals surface area contributed by atoms with Crippen LogP contribution in [-0.4, -0.2) is 18.1 Å². The van der Waals surface area contributed by atoms with Gasteiger partial charge in [-0.25, -0.2) is 0 Å². The number of fused-ring (bicyclic) bond motifs is 2. The summed E-state index contributed by atoms with van der Waals surface area (Å²) in [5.74, 6) is 0.572. The second kappa shape index (κ2) is 8.23. The van der Waals surface area contributed by atoms with Crippen LogP contribution in [0.25, 0.3) is 0 Å². The third-order valence-electron chi connectivity index (χ3n) is 4.94. The Bertz CT molecular complexity index is 973. The molecule has 1 unspecified atom stereocenters. The van der Waals surface area contributed by atoms with E-state index in [9.17, 15) is 4.79 Å². The van der Waals surface area contributed by atoms with E-state index in [4.69, 9.17) is 9.47 Å². The van der Waals surface area contributed by atoms with E-state index in [0.717, 1.165) is 28.0 Å². The molecule has 0 spiro atoms. The zero-order valence-corrected chi connectivity index (χ0v) is 15.7. The topological polar surface area (TPSA) is 60.5 Å². The first-order chi connectivity index (χ1) is 13.7. The molecule has 1 aliphatic rings. The Hall–Kier alpha value is -3.18. The lowest BCUT2D eigenvalue weighted by Crippen LogP contribution is -2.23. The van der Waals surface area contributed by atoms with Crippen molar-refractivity contribution in [2.24, 2.45) is 0 Å². The van der Waals surface area contributed by atoms with Crippen molar-refractivity contribution in [3.05, 3.63) is 94.8 Å². The predicted octanol–water partition coefficient (Wildman–Crippen LogP) is 3.57. The number of methoxy groups -OCH3 is 1. The lowest BCUT2D eigenvalue weighted by Gasteiger charge is -2.21. The van der Waals surface area contributed by atoms with Gasteiger partial charge >= 0.3 is 5.97 Å². The quantitative estimate of drug-likeness (QED) is 0.692. The van der Waals surface area contributed by atoms with Crippen LogP contribution in [0, 0.1) is 0 Å². The van der Waals surface area contributed by atoms with Gasteiger partial charge in [-0.2, -0.15) is 0 Å². The van der Waals surface area contributed by atoms with Crippen molar-refractivity contribution in [2.45, 2.75) is 25.6 Å². The lowest BCUT2D eigenvalue weighted by atomic mass is 9.93. The van der Waals surface area contributed by atoms with Gasteiger partial charge in [-0.3, -0.25) is 9.78 Å². The van der Waals surface area contributed by atoms with E-state index < -0.39 is 0 Å². The van der Waals surface area contributed by atoms with Gasteiger partial charge in [0.2, 0.25) is 0 Å². The lowest BCUT2D eigenvalue weighted by molar-refractivity contribution is -0.139. The molecule has 1 N–H and O–H groups in total. The van der Waals surface area contributed by atoms with Crippen molar-refractivity contribution in [2.75, 3.05) is 7.11 Å². The van der Waals surface area contributed by atoms with Gasteiger partial charge in [0.25, 0.3) is 0 Å². The summed E-state index contributed by atoms with van der Waals surface area (Å²) in [7, 11) is 1.41. The van der Waals surface area contributed by atoms with Gasteiger partial charge in [0.15, 0.2) is 0 Å². The molecule has 142 valence electrons. The number of hydrogen-bond donors (Lipinski definition) is 1. The normalized spacial score (nSPS) is 15.0. The van der Waals surface area contributed by atoms with E-state index in [1.807, 2.05) is 48.7 Å². The van der Waals surface area contributed by atoms with E-state index in [2.05, 4.69) is 22.4 Å². The minimum absolute atomic E-state index is 0.0495. The number of aromatic nitrogens is 1. The molecule has 28 heavy (non-hydrogen) atoms. The summed E-state index contributed by atoms with van der Waals surface area (Å²) in [6.45, 7) is 1.19. The molecule has 1 atom stereocenters. The van der Waals surface area contributed by atoms with Crippen molar-refractivity contribution in [1.82, 2.24) is 10.3 Å². The van der Waals surface area contributed by atoms with Crippen LogP contribution in [0.5, 0.6) is 5.75 Å². The number of ether oxygens (including phenoxy) is 2. The van der Waals surface area contributed by atoms with Crippen LogP contribution in [0.3, 0.4) is 0 Å². The first-order valence-corrected chi connectivity index (χ1v) is 9.27. The molecule has 0 bridgehead atoms. The van der Waals surface area contributed by atoms with E-state index in [1.165, 1.54) is 12.7 Å². The Labute approximate surface area is 164 Å². The Morgan fingerprint density at radius 2 is 2.04 bits per heavy atom. The Morgan fingerprint density at radius 1 is 1.14 bits per heavy atom. The SMILES string of the molecule is COC(=O)Cc1ccc2c(c1)C(NCc1cccnc1)c1ccccc1CO2. The van der Waals surface area contributed by atoms with Crippen molar-refractivity contribution in [3.8, 4) is 5.75 Å². The Morgan fingerprint density at radius 3 is 2.86 bits per heavy atom. The maximum Gasteiger partial charge on any atom is 0.309 e. The molecule has 0 fully saturated rings. The van der Waals surface area contributed by atoms with Gasteiger partial charge in [-0.05, 0) is 40.5 Å². The number of esters is 1. The molecule has 4 rings (SSSR count). The third-order valence-corrected chi connectivity index (χ3v) is 4.94. The summed E-state index contributed by atoms with van der Waals surface area (Å²) >= 11 is 0. The molecule has 5 heteroatoms. The number of pyridine rings is 1. The largest absolute Gasteiger partial charge is 0.489 e. The van der Waals surface area contributed by atoms with Gasteiger partial charge in [0, 0.05) is 24.5 Å². The summed E-state index contributed by atoms with van der Waals surface area (Å²) in [4.78, 5) is 15.9. The molecule has 2 aromatic carbocycles. The second-order valence-corrected chi connectivity index (χ2v) is 6.79. The average Bonchev–Trinajstić information content (AvgIpc) is 2.89. The first kappa shape index (κ1) is 18.2. The summed E-state index contributed by atoms with van der Waals surface area (Å²) in [6.07, 6.45) is 3.87. The molecule has 0 radical (unpaired) electrons. The van der Waals surface area contributed by atoms with Crippen LogP contribution in [0.2, 0.25) is 0 Å². The highest BCUT2D eigenvalue weighted by Gasteiger charge is 2.25. The number of benzene rings is 2. The minimum Gasteiger partial charge on any atom is -0.489 e. The van der Waals surface area contributed by atoms with E-state index >= 15 is 0 Å². The smallest absolute Gasteiger partial charge is 0.309 e. The monoisotopic (exact) mass is 374 g/mol. The number of rotatable bonds is 5. The number of nitrogens with one attached hydrogen (secondary N) is 1. The van der Waals surface area contributed by atoms with Crippen molar-refractivity contribution >= 4 is 5.97 Å². The summed E-state index contributed by atoms with van der Waals surface area (Å²) in [6, 6.07) is 18.1. The van der Waals surface area contributed by atoms with Crippen molar-refractivity contribution in [3.63, 3.8) is 0 Å². The first-order valence-electron chi connectivity index (χ1n) is 9.27. The Kier molecular flexibility index (Phi) is 5.35. The molecule has 1 aromatic heterocycles. The fraction of sp³-hybridized carbons (Fsp3) is 0.217.